The third-order valence-corrected chi connectivity index (χ3v) is 4.59. The second-order valence-electron chi connectivity index (χ2n) is 6.46. The van der Waals surface area contributed by atoms with E-state index >= 15 is 0 Å². The van der Waals surface area contributed by atoms with Gasteiger partial charge in [-0.2, -0.15) is 0 Å². The Kier molecular flexibility index (Phi) is 5.53. The van der Waals surface area contributed by atoms with Gasteiger partial charge in [0.05, 0.1) is 6.04 Å². The second-order valence-corrected chi connectivity index (χ2v) is 6.46. The number of phenols is 1. The Morgan fingerprint density at radius 3 is 2.27 bits per heavy atom. The fourth-order valence-corrected chi connectivity index (χ4v) is 3.14. The smallest absolute Gasteiger partial charge is 0.254 e. The summed E-state index contributed by atoms with van der Waals surface area (Å²) in [5.41, 5.74) is 7.57. The highest BCUT2D eigenvalue weighted by molar-refractivity contribution is 5.94. The lowest BCUT2D eigenvalue weighted by Gasteiger charge is -2.36. The highest BCUT2D eigenvalue weighted by atomic mass is 16.3. The van der Waals surface area contributed by atoms with Crippen LogP contribution in [0.5, 0.6) is 5.75 Å². The Morgan fingerprint density at radius 2 is 1.62 bits per heavy atom. The summed E-state index contributed by atoms with van der Waals surface area (Å²) in [5.74, 6) is -0.156. The average molecular weight is 353 g/mol. The molecule has 2 amide bonds. The molecule has 6 heteroatoms. The predicted octanol–water partition coefficient (Wildman–Crippen LogP) is 1.25. The number of aromatic hydroxyl groups is 1. The molecule has 0 aliphatic carbocycles. The summed E-state index contributed by atoms with van der Waals surface area (Å²) in [7, 11) is 0. The minimum atomic E-state index is -0.578. The first-order valence-corrected chi connectivity index (χ1v) is 8.71. The Labute approximate surface area is 152 Å². The van der Waals surface area contributed by atoms with Crippen LogP contribution in [-0.2, 0) is 11.2 Å². The van der Waals surface area contributed by atoms with E-state index in [-0.39, 0.29) is 17.6 Å². The number of amides is 2. The van der Waals surface area contributed by atoms with Crippen LogP contribution in [-0.4, -0.2) is 58.9 Å². The fraction of sp³-hybridized carbons (Fsp3) is 0.300. The van der Waals surface area contributed by atoms with Crippen LogP contribution >= 0.6 is 0 Å². The molecule has 0 saturated carbocycles. The van der Waals surface area contributed by atoms with Crippen molar-refractivity contribution in [2.75, 3.05) is 26.2 Å². The van der Waals surface area contributed by atoms with Crippen molar-refractivity contribution in [1.29, 1.82) is 0 Å². The Morgan fingerprint density at radius 1 is 0.962 bits per heavy atom. The number of piperazine rings is 1. The maximum atomic E-state index is 12.6. The van der Waals surface area contributed by atoms with Crippen molar-refractivity contribution in [3.05, 3.63) is 65.7 Å². The standard InChI is InChI=1S/C20H23N3O3/c21-18(13-15-5-2-1-3-6-15)20(26)23-11-9-22(10-12-23)19(25)16-7-4-8-17(24)14-16/h1-8,14,18,24H,9-13,21H2/t18-/m0/s1. The van der Waals surface area contributed by atoms with Crippen LogP contribution in [0.1, 0.15) is 15.9 Å². The Hall–Kier alpha value is -2.86. The maximum absolute atomic E-state index is 12.6. The van der Waals surface area contributed by atoms with Crippen molar-refractivity contribution in [3.63, 3.8) is 0 Å². The first kappa shape index (κ1) is 17.9. The van der Waals surface area contributed by atoms with Gasteiger partial charge < -0.3 is 20.6 Å². The molecule has 3 N–H and O–H groups in total. The van der Waals surface area contributed by atoms with Gasteiger partial charge in [0.25, 0.3) is 5.91 Å². The van der Waals surface area contributed by atoms with Gasteiger partial charge in [0.15, 0.2) is 0 Å². The molecule has 1 aliphatic heterocycles. The summed E-state index contributed by atoms with van der Waals surface area (Å²) >= 11 is 0. The molecule has 3 rings (SSSR count). The highest BCUT2D eigenvalue weighted by Crippen LogP contribution is 2.15. The summed E-state index contributed by atoms with van der Waals surface area (Å²) in [6.45, 7) is 1.84. The van der Waals surface area contributed by atoms with Gasteiger partial charge in [0.1, 0.15) is 5.75 Å². The van der Waals surface area contributed by atoms with Gasteiger partial charge in [0.2, 0.25) is 5.91 Å². The molecule has 2 aromatic carbocycles. The zero-order chi connectivity index (χ0) is 18.5. The largest absolute Gasteiger partial charge is 0.508 e. The van der Waals surface area contributed by atoms with Gasteiger partial charge in [-0.15, -0.1) is 0 Å². The average Bonchev–Trinajstić information content (AvgIpc) is 2.67. The Bertz CT molecular complexity index is 771. The zero-order valence-corrected chi connectivity index (χ0v) is 14.5. The van der Waals surface area contributed by atoms with Crippen LogP contribution in [0.4, 0.5) is 0 Å². The van der Waals surface area contributed by atoms with Crippen molar-refractivity contribution in [3.8, 4) is 5.75 Å². The van der Waals surface area contributed by atoms with E-state index < -0.39 is 6.04 Å². The van der Waals surface area contributed by atoms with E-state index in [4.69, 9.17) is 5.73 Å². The Balaban J connectivity index is 1.54. The van der Waals surface area contributed by atoms with Gasteiger partial charge in [-0.1, -0.05) is 36.4 Å². The number of carbonyl (C=O) groups is 2. The quantitative estimate of drug-likeness (QED) is 0.866. The molecule has 0 radical (unpaired) electrons. The first-order chi connectivity index (χ1) is 12.5. The molecule has 1 heterocycles. The van der Waals surface area contributed by atoms with E-state index in [2.05, 4.69) is 0 Å². The molecule has 6 nitrogen and oxygen atoms in total. The van der Waals surface area contributed by atoms with Crippen molar-refractivity contribution < 1.29 is 14.7 Å². The molecule has 26 heavy (non-hydrogen) atoms. The van der Waals surface area contributed by atoms with Crippen LogP contribution < -0.4 is 5.73 Å². The minimum Gasteiger partial charge on any atom is -0.508 e. The normalized spacial score (nSPS) is 15.6. The predicted molar refractivity (Wildman–Crippen MR) is 98.7 cm³/mol. The third kappa shape index (κ3) is 4.21. The van der Waals surface area contributed by atoms with Gasteiger partial charge in [-0.3, -0.25) is 9.59 Å². The third-order valence-electron chi connectivity index (χ3n) is 4.59. The molecule has 2 aromatic rings. The van der Waals surface area contributed by atoms with Crippen molar-refractivity contribution >= 4 is 11.8 Å². The van der Waals surface area contributed by atoms with Crippen LogP contribution in [0.15, 0.2) is 54.6 Å². The molecule has 0 aromatic heterocycles. The van der Waals surface area contributed by atoms with E-state index in [0.717, 1.165) is 5.56 Å². The number of benzene rings is 2. The van der Waals surface area contributed by atoms with Gasteiger partial charge in [-0.05, 0) is 30.2 Å². The van der Waals surface area contributed by atoms with E-state index in [1.54, 1.807) is 21.9 Å². The number of hydrogen-bond acceptors (Lipinski definition) is 4. The monoisotopic (exact) mass is 353 g/mol. The lowest BCUT2D eigenvalue weighted by atomic mass is 10.1. The highest BCUT2D eigenvalue weighted by Gasteiger charge is 2.27. The second kappa shape index (κ2) is 8.01. The van der Waals surface area contributed by atoms with Crippen LogP contribution in [0, 0.1) is 0 Å². The van der Waals surface area contributed by atoms with E-state index in [1.807, 2.05) is 30.3 Å². The van der Waals surface area contributed by atoms with E-state index in [0.29, 0.717) is 38.2 Å². The van der Waals surface area contributed by atoms with Gasteiger partial charge >= 0.3 is 0 Å². The first-order valence-electron chi connectivity index (χ1n) is 8.71. The van der Waals surface area contributed by atoms with Crippen LogP contribution in [0.25, 0.3) is 0 Å². The maximum Gasteiger partial charge on any atom is 0.254 e. The number of carbonyl (C=O) groups excluding carboxylic acids is 2. The SMILES string of the molecule is N[C@@H](Cc1ccccc1)C(=O)N1CCN(C(=O)c2cccc(O)c2)CC1. The molecule has 1 fully saturated rings. The summed E-state index contributed by atoms with van der Waals surface area (Å²) in [5, 5.41) is 9.52. The summed E-state index contributed by atoms with van der Waals surface area (Å²) in [6.07, 6.45) is 0.502. The lowest BCUT2D eigenvalue weighted by Crippen LogP contribution is -2.54. The van der Waals surface area contributed by atoms with Crippen molar-refractivity contribution in [2.24, 2.45) is 5.73 Å². The topological polar surface area (TPSA) is 86.9 Å². The molecule has 0 bridgehead atoms. The van der Waals surface area contributed by atoms with E-state index in [1.165, 1.54) is 12.1 Å². The number of hydrogen-bond donors (Lipinski definition) is 2. The number of nitrogens with zero attached hydrogens (tertiary/aromatic N) is 2. The summed E-state index contributed by atoms with van der Waals surface area (Å²) in [4.78, 5) is 28.5. The van der Waals surface area contributed by atoms with Crippen molar-refractivity contribution in [1.82, 2.24) is 9.80 Å². The van der Waals surface area contributed by atoms with Crippen molar-refractivity contribution in [2.45, 2.75) is 12.5 Å². The molecule has 1 aliphatic rings. The molecule has 136 valence electrons. The molecule has 1 atom stereocenters. The zero-order valence-electron chi connectivity index (χ0n) is 14.5. The molecular formula is C20H23N3O3. The van der Waals surface area contributed by atoms with E-state index in [9.17, 15) is 14.7 Å². The summed E-state index contributed by atoms with van der Waals surface area (Å²) in [6, 6.07) is 15.4. The molecule has 0 spiro atoms. The minimum absolute atomic E-state index is 0.0662. The molecule has 0 unspecified atom stereocenters. The lowest BCUT2D eigenvalue weighted by molar-refractivity contribution is -0.134. The number of rotatable bonds is 4. The summed E-state index contributed by atoms with van der Waals surface area (Å²) < 4.78 is 0. The number of phenolic OH excluding ortho intramolecular Hbond substituents is 1. The molecular weight excluding hydrogens is 330 g/mol. The van der Waals surface area contributed by atoms with Gasteiger partial charge in [-0.25, -0.2) is 0 Å². The van der Waals surface area contributed by atoms with Crippen LogP contribution in [0.2, 0.25) is 0 Å². The fourth-order valence-electron chi connectivity index (χ4n) is 3.14. The molecule has 1 saturated heterocycles. The van der Waals surface area contributed by atoms with Gasteiger partial charge in [0, 0.05) is 31.7 Å². The number of nitrogens with two attached hydrogens (primary N) is 1. The van der Waals surface area contributed by atoms with Crippen LogP contribution in [0.3, 0.4) is 0 Å².